The Morgan fingerprint density at radius 1 is 1.03 bits per heavy atom. The van der Waals surface area contributed by atoms with Crippen LogP contribution in [-0.4, -0.2) is 20.7 Å². The summed E-state index contributed by atoms with van der Waals surface area (Å²) in [6.07, 6.45) is 0. The molecule has 29 heavy (non-hydrogen) atoms. The first kappa shape index (κ1) is 20.1. The van der Waals surface area contributed by atoms with E-state index in [4.69, 9.17) is 0 Å². The van der Waals surface area contributed by atoms with E-state index in [1.165, 1.54) is 16.9 Å². The third-order valence-corrected chi connectivity index (χ3v) is 4.94. The molecule has 0 atom stereocenters. The molecule has 0 aliphatic rings. The lowest BCUT2D eigenvalue weighted by Crippen LogP contribution is -2.12. The number of rotatable bonds is 6. The number of aromatic nitrogens is 1. The number of carbonyl (C=O) groups excluding carboxylic acids is 1. The van der Waals surface area contributed by atoms with Gasteiger partial charge < -0.3 is 0 Å². The van der Waals surface area contributed by atoms with Gasteiger partial charge in [-0.05, 0) is 11.5 Å². The fourth-order valence-electron chi connectivity index (χ4n) is 2.61. The molecule has 1 heterocycles. The molecule has 3 rings (SSSR count). The third-order valence-electron chi connectivity index (χ3n) is 4.18. The SMILES string of the molecule is CC(C)c1ccc(-c2csc(NC(=O)c3cc([N+](=O)[O-])cc([N+](=O)[O-])c3)n2)cc1. The predicted octanol–water partition coefficient (Wildman–Crippen LogP) is 5.00. The summed E-state index contributed by atoms with van der Waals surface area (Å²) in [5, 5.41) is 26.5. The molecule has 0 aliphatic carbocycles. The highest BCUT2D eigenvalue weighted by atomic mass is 32.1. The largest absolute Gasteiger partial charge is 0.298 e. The van der Waals surface area contributed by atoms with E-state index >= 15 is 0 Å². The van der Waals surface area contributed by atoms with Crippen LogP contribution >= 0.6 is 11.3 Å². The van der Waals surface area contributed by atoms with Gasteiger partial charge in [0.25, 0.3) is 17.3 Å². The normalized spacial score (nSPS) is 10.7. The summed E-state index contributed by atoms with van der Waals surface area (Å²) >= 11 is 1.19. The highest BCUT2D eigenvalue weighted by Gasteiger charge is 2.20. The Balaban J connectivity index is 1.81. The number of anilines is 1. The van der Waals surface area contributed by atoms with Gasteiger partial charge in [0.2, 0.25) is 0 Å². The van der Waals surface area contributed by atoms with Crippen LogP contribution in [0.2, 0.25) is 0 Å². The van der Waals surface area contributed by atoms with Crippen molar-refractivity contribution in [2.45, 2.75) is 19.8 Å². The number of benzene rings is 2. The van der Waals surface area contributed by atoms with E-state index in [2.05, 4.69) is 24.1 Å². The first-order chi connectivity index (χ1) is 13.7. The van der Waals surface area contributed by atoms with Gasteiger partial charge in [-0.1, -0.05) is 38.1 Å². The van der Waals surface area contributed by atoms with Crippen LogP contribution < -0.4 is 5.32 Å². The molecule has 1 aromatic heterocycles. The van der Waals surface area contributed by atoms with Crippen LogP contribution in [-0.2, 0) is 0 Å². The number of nitrogens with one attached hydrogen (secondary N) is 1. The second-order valence-corrected chi connectivity index (χ2v) is 7.38. The number of nitro groups is 2. The van der Waals surface area contributed by atoms with Crippen molar-refractivity contribution in [2.24, 2.45) is 0 Å². The second kappa shape index (κ2) is 8.15. The summed E-state index contributed by atoms with van der Waals surface area (Å²) in [7, 11) is 0. The molecule has 0 saturated carbocycles. The first-order valence-electron chi connectivity index (χ1n) is 8.55. The molecule has 0 spiro atoms. The van der Waals surface area contributed by atoms with Gasteiger partial charge in [0.1, 0.15) is 0 Å². The number of nitrogens with zero attached hydrogens (tertiary/aromatic N) is 3. The molecule has 3 aromatic rings. The van der Waals surface area contributed by atoms with Crippen molar-refractivity contribution in [3.63, 3.8) is 0 Å². The van der Waals surface area contributed by atoms with E-state index in [9.17, 15) is 25.0 Å². The molecule has 10 heteroatoms. The Kier molecular flexibility index (Phi) is 5.64. The van der Waals surface area contributed by atoms with E-state index < -0.39 is 27.1 Å². The molecular weight excluding hydrogens is 396 g/mol. The fourth-order valence-corrected chi connectivity index (χ4v) is 3.32. The quantitative estimate of drug-likeness (QED) is 0.448. The summed E-state index contributed by atoms with van der Waals surface area (Å²) in [6, 6.07) is 10.7. The molecular formula is C19H16N4O5S. The van der Waals surface area contributed by atoms with Gasteiger partial charge in [0.15, 0.2) is 5.13 Å². The standard InChI is InChI=1S/C19H16N4O5S/c1-11(2)12-3-5-13(6-4-12)17-10-29-19(20-17)21-18(24)14-7-15(22(25)26)9-16(8-14)23(27)28/h3-11H,1-2H3,(H,20,21,24). The van der Waals surface area contributed by atoms with Crippen LogP contribution in [0, 0.1) is 20.2 Å². The lowest BCUT2D eigenvalue weighted by Gasteiger charge is -2.05. The molecule has 148 valence electrons. The molecule has 0 radical (unpaired) electrons. The summed E-state index contributed by atoms with van der Waals surface area (Å²) in [5.74, 6) is -0.304. The Morgan fingerprint density at radius 3 is 2.14 bits per heavy atom. The molecule has 0 saturated heterocycles. The van der Waals surface area contributed by atoms with Gasteiger partial charge in [-0.2, -0.15) is 0 Å². The van der Waals surface area contributed by atoms with Crippen LogP contribution in [0.25, 0.3) is 11.3 Å². The van der Waals surface area contributed by atoms with Gasteiger partial charge >= 0.3 is 0 Å². The van der Waals surface area contributed by atoms with Crippen LogP contribution in [0.5, 0.6) is 0 Å². The number of carbonyl (C=O) groups is 1. The molecule has 0 bridgehead atoms. The monoisotopic (exact) mass is 412 g/mol. The second-order valence-electron chi connectivity index (χ2n) is 6.52. The van der Waals surface area contributed by atoms with Crippen molar-refractivity contribution in [2.75, 3.05) is 5.32 Å². The molecule has 0 fully saturated rings. The number of non-ortho nitro benzene ring substituents is 2. The highest BCUT2D eigenvalue weighted by Crippen LogP contribution is 2.28. The van der Waals surface area contributed by atoms with Crippen molar-refractivity contribution in [1.82, 2.24) is 4.98 Å². The Hall–Kier alpha value is -3.66. The summed E-state index contributed by atoms with van der Waals surface area (Å²) in [5.41, 5.74) is 1.50. The smallest absolute Gasteiger partial charge is 0.277 e. The number of nitro benzene ring substituents is 2. The summed E-state index contributed by atoms with van der Waals surface area (Å²) < 4.78 is 0. The van der Waals surface area contributed by atoms with E-state index in [1.54, 1.807) is 5.38 Å². The molecule has 1 N–H and O–H groups in total. The average molecular weight is 412 g/mol. The van der Waals surface area contributed by atoms with Crippen molar-refractivity contribution in [3.8, 4) is 11.3 Å². The molecule has 0 unspecified atom stereocenters. The highest BCUT2D eigenvalue weighted by molar-refractivity contribution is 7.14. The van der Waals surface area contributed by atoms with Crippen molar-refractivity contribution in [3.05, 3.63) is 79.2 Å². The average Bonchev–Trinajstić information content (AvgIpc) is 3.16. The van der Waals surface area contributed by atoms with Crippen LogP contribution in [0.15, 0.2) is 47.8 Å². The van der Waals surface area contributed by atoms with E-state index in [-0.39, 0.29) is 10.7 Å². The number of hydrogen-bond donors (Lipinski definition) is 1. The van der Waals surface area contributed by atoms with Crippen molar-refractivity contribution >= 4 is 33.8 Å². The number of thiazole rings is 1. The lowest BCUT2D eigenvalue weighted by atomic mass is 10.0. The maximum absolute atomic E-state index is 12.4. The minimum absolute atomic E-state index is 0.191. The van der Waals surface area contributed by atoms with Crippen LogP contribution in [0.4, 0.5) is 16.5 Å². The van der Waals surface area contributed by atoms with E-state index in [1.807, 2.05) is 24.3 Å². The van der Waals surface area contributed by atoms with Crippen molar-refractivity contribution in [1.29, 1.82) is 0 Å². The minimum Gasteiger partial charge on any atom is -0.298 e. The lowest BCUT2D eigenvalue weighted by molar-refractivity contribution is -0.394. The van der Waals surface area contributed by atoms with E-state index in [0.717, 1.165) is 23.8 Å². The zero-order valence-electron chi connectivity index (χ0n) is 15.5. The molecule has 0 aliphatic heterocycles. The number of hydrogen-bond acceptors (Lipinski definition) is 7. The fraction of sp³-hybridized carbons (Fsp3) is 0.158. The van der Waals surface area contributed by atoms with Gasteiger partial charge in [-0.15, -0.1) is 11.3 Å². The Labute approximate surface area is 169 Å². The Bertz CT molecular complexity index is 1060. The zero-order chi connectivity index (χ0) is 21.1. The summed E-state index contributed by atoms with van der Waals surface area (Å²) in [6.45, 7) is 4.20. The van der Waals surface area contributed by atoms with Crippen LogP contribution in [0.3, 0.4) is 0 Å². The molecule has 2 aromatic carbocycles. The Morgan fingerprint density at radius 2 is 1.62 bits per heavy atom. The van der Waals surface area contributed by atoms with Gasteiger partial charge in [-0.3, -0.25) is 30.3 Å². The minimum atomic E-state index is -0.786. The summed E-state index contributed by atoms with van der Waals surface area (Å²) in [4.78, 5) is 37.2. The van der Waals surface area contributed by atoms with Gasteiger partial charge in [-0.25, -0.2) is 4.98 Å². The maximum Gasteiger partial charge on any atom is 0.277 e. The first-order valence-corrected chi connectivity index (χ1v) is 9.43. The van der Waals surface area contributed by atoms with E-state index in [0.29, 0.717) is 11.6 Å². The molecule has 9 nitrogen and oxygen atoms in total. The van der Waals surface area contributed by atoms with Crippen molar-refractivity contribution < 1.29 is 14.6 Å². The van der Waals surface area contributed by atoms with Crippen LogP contribution in [0.1, 0.15) is 35.7 Å². The van der Waals surface area contributed by atoms with Gasteiger partial charge in [0, 0.05) is 23.1 Å². The topological polar surface area (TPSA) is 128 Å². The third kappa shape index (κ3) is 4.61. The molecule has 1 amide bonds. The maximum atomic E-state index is 12.4. The van der Waals surface area contributed by atoms with Gasteiger partial charge in [0.05, 0.1) is 27.2 Å². The predicted molar refractivity (Wildman–Crippen MR) is 109 cm³/mol. The number of amides is 1. The zero-order valence-corrected chi connectivity index (χ0v) is 16.3.